The summed E-state index contributed by atoms with van der Waals surface area (Å²) in [5, 5.41) is 8.75. The molecule has 0 radical (unpaired) electrons. The fourth-order valence-corrected chi connectivity index (χ4v) is 2.82. The van der Waals surface area contributed by atoms with Crippen LogP contribution in [0.15, 0.2) is 36.4 Å². The SMILES string of the molecule is COc1ccc(F)cc1-c1ccc(/C(C)=C/C(=O)O)s1. The molecule has 0 saturated heterocycles. The van der Waals surface area contributed by atoms with Crippen molar-refractivity contribution in [1.29, 1.82) is 0 Å². The topological polar surface area (TPSA) is 46.5 Å². The Labute approximate surface area is 119 Å². The van der Waals surface area contributed by atoms with Gasteiger partial charge in [0.1, 0.15) is 11.6 Å². The van der Waals surface area contributed by atoms with Gasteiger partial charge in [-0.05, 0) is 42.8 Å². The van der Waals surface area contributed by atoms with Crippen LogP contribution in [0.3, 0.4) is 0 Å². The van der Waals surface area contributed by atoms with Gasteiger partial charge in [-0.1, -0.05) is 0 Å². The summed E-state index contributed by atoms with van der Waals surface area (Å²) in [5.74, 6) is -0.742. The molecule has 0 unspecified atom stereocenters. The zero-order chi connectivity index (χ0) is 14.7. The molecule has 0 atom stereocenters. The van der Waals surface area contributed by atoms with E-state index in [1.165, 1.54) is 30.6 Å². The highest BCUT2D eigenvalue weighted by molar-refractivity contribution is 7.16. The molecule has 0 aliphatic rings. The predicted octanol–water partition coefficient (Wildman–Crippen LogP) is 4.05. The first-order valence-electron chi connectivity index (χ1n) is 5.86. The summed E-state index contributed by atoms with van der Waals surface area (Å²) in [5.41, 5.74) is 1.32. The van der Waals surface area contributed by atoms with E-state index in [1.54, 1.807) is 13.0 Å². The number of halogens is 1. The van der Waals surface area contributed by atoms with Crippen LogP contribution >= 0.6 is 11.3 Å². The molecular weight excluding hydrogens is 279 g/mol. The van der Waals surface area contributed by atoms with Gasteiger partial charge in [-0.15, -0.1) is 11.3 Å². The number of carbonyl (C=O) groups is 1. The summed E-state index contributed by atoms with van der Waals surface area (Å²) < 4.78 is 18.6. The molecule has 2 rings (SSSR count). The molecule has 20 heavy (non-hydrogen) atoms. The smallest absolute Gasteiger partial charge is 0.328 e. The second-order valence-electron chi connectivity index (χ2n) is 4.17. The molecule has 0 aliphatic carbocycles. The second kappa shape index (κ2) is 5.88. The van der Waals surface area contributed by atoms with Crippen molar-refractivity contribution in [2.24, 2.45) is 0 Å². The molecule has 2 aromatic rings. The summed E-state index contributed by atoms with van der Waals surface area (Å²) in [6.45, 7) is 1.73. The molecule has 0 amide bonds. The fourth-order valence-electron chi connectivity index (χ4n) is 1.82. The molecule has 1 aromatic heterocycles. The lowest BCUT2D eigenvalue weighted by molar-refractivity contribution is -0.131. The van der Waals surface area contributed by atoms with Crippen LogP contribution in [0.1, 0.15) is 11.8 Å². The fraction of sp³-hybridized carbons (Fsp3) is 0.133. The van der Waals surface area contributed by atoms with E-state index in [-0.39, 0.29) is 5.82 Å². The highest BCUT2D eigenvalue weighted by atomic mass is 32.1. The van der Waals surface area contributed by atoms with Crippen LogP contribution in [0.4, 0.5) is 4.39 Å². The zero-order valence-corrected chi connectivity index (χ0v) is 11.8. The number of aliphatic carboxylic acids is 1. The van der Waals surface area contributed by atoms with Crippen LogP contribution in [0, 0.1) is 5.82 Å². The number of hydrogen-bond donors (Lipinski definition) is 1. The van der Waals surface area contributed by atoms with Gasteiger partial charge in [0, 0.05) is 21.4 Å². The number of benzene rings is 1. The monoisotopic (exact) mass is 292 g/mol. The lowest BCUT2D eigenvalue weighted by Gasteiger charge is -2.06. The van der Waals surface area contributed by atoms with E-state index in [1.807, 2.05) is 12.1 Å². The van der Waals surface area contributed by atoms with E-state index in [4.69, 9.17) is 9.84 Å². The van der Waals surface area contributed by atoms with E-state index in [0.29, 0.717) is 16.9 Å². The van der Waals surface area contributed by atoms with E-state index in [0.717, 1.165) is 15.8 Å². The Morgan fingerprint density at radius 2 is 2.10 bits per heavy atom. The minimum Gasteiger partial charge on any atom is -0.496 e. The van der Waals surface area contributed by atoms with Gasteiger partial charge < -0.3 is 9.84 Å². The Balaban J connectivity index is 2.43. The molecule has 1 N–H and O–H groups in total. The summed E-state index contributed by atoms with van der Waals surface area (Å²) in [6, 6.07) is 7.97. The van der Waals surface area contributed by atoms with Gasteiger partial charge in [-0.3, -0.25) is 0 Å². The van der Waals surface area contributed by atoms with E-state index in [2.05, 4.69) is 0 Å². The normalized spacial score (nSPS) is 11.4. The van der Waals surface area contributed by atoms with Crippen molar-refractivity contribution < 1.29 is 19.0 Å². The third-order valence-electron chi connectivity index (χ3n) is 2.76. The highest BCUT2D eigenvalue weighted by Gasteiger charge is 2.11. The Kier molecular flexibility index (Phi) is 4.20. The molecule has 0 spiro atoms. The molecule has 5 heteroatoms. The van der Waals surface area contributed by atoms with Crippen LogP contribution < -0.4 is 4.74 Å². The van der Waals surface area contributed by atoms with Crippen molar-refractivity contribution >= 4 is 22.9 Å². The van der Waals surface area contributed by atoms with Crippen LogP contribution in [0.25, 0.3) is 16.0 Å². The van der Waals surface area contributed by atoms with Crippen molar-refractivity contribution in [1.82, 2.24) is 0 Å². The Morgan fingerprint density at radius 1 is 1.35 bits per heavy atom. The molecule has 104 valence electrons. The lowest BCUT2D eigenvalue weighted by Crippen LogP contribution is -1.88. The minimum atomic E-state index is -0.985. The van der Waals surface area contributed by atoms with Crippen molar-refractivity contribution in [3.63, 3.8) is 0 Å². The van der Waals surface area contributed by atoms with Gasteiger partial charge in [0.25, 0.3) is 0 Å². The summed E-state index contributed by atoms with van der Waals surface area (Å²) >= 11 is 1.40. The molecular formula is C15H13FO3S. The van der Waals surface area contributed by atoms with Crippen LogP contribution in [0.2, 0.25) is 0 Å². The van der Waals surface area contributed by atoms with Gasteiger partial charge in [0.15, 0.2) is 0 Å². The number of carboxylic acid groups (broad SMARTS) is 1. The standard InChI is InChI=1S/C15H13FO3S/c1-9(7-15(17)18)13-5-6-14(20-13)11-8-10(16)3-4-12(11)19-2/h3-8H,1-2H3,(H,17,18)/b9-7+. The quantitative estimate of drug-likeness (QED) is 0.865. The summed E-state index contributed by atoms with van der Waals surface area (Å²) in [4.78, 5) is 12.3. The molecule has 1 aromatic carbocycles. The van der Waals surface area contributed by atoms with Crippen LogP contribution in [-0.2, 0) is 4.79 Å². The summed E-state index contributed by atoms with van der Waals surface area (Å²) in [7, 11) is 1.53. The van der Waals surface area contributed by atoms with E-state index in [9.17, 15) is 9.18 Å². The van der Waals surface area contributed by atoms with Gasteiger partial charge in [0.2, 0.25) is 0 Å². The molecule has 0 aliphatic heterocycles. The second-order valence-corrected chi connectivity index (χ2v) is 5.26. The highest BCUT2D eigenvalue weighted by Crippen LogP contribution is 2.37. The first-order valence-corrected chi connectivity index (χ1v) is 6.68. The number of hydrogen-bond acceptors (Lipinski definition) is 3. The van der Waals surface area contributed by atoms with Crippen LogP contribution in [0.5, 0.6) is 5.75 Å². The maximum Gasteiger partial charge on any atom is 0.328 e. The Morgan fingerprint density at radius 3 is 2.75 bits per heavy atom. The minimum absolute atomic E-state index is 0.339. The molecule has 0 saturated carbocycles. The van der Waals surface area contributed by atoms with Gasteiger partial charge in [-0.25, -0.2) is 9.18 Å². The predicted molar refractivity (Wildman–Crippen MR) is 77.6 cm³/mol. The Hall–Kier alpha value is -2.14. The molecule has 0 bridgehead atoms. The van der Waals surface area contributed by atoms with E-state index < -0.39 is 5.97 Å². The average molecular weight is 292 g/mol. The number of methoxy groups -OCH3 is 1. The first-order chi connectivity index (χ1) is 9.51. The number of rotatable bonds is 4. The van der Waals surface area contributed by atoms with Gasteiger partial charge in [0.05, 0.1) is 7.11 Å². The largest absolute Gasteiger partial charge is 0.496 e. The molecule has 0 fully saturated rings. The first kappa shape index (κ1) is 14.3. The maximum atomic E-state index is 13.4. The van der Waals surface area contributed by atoms with Crippen molar-refractivity contribution in [3.8, 4) is 16.2 Å². The van der Waals surface area contributed by atoms with Gasteiger partial charge >= 0.3 is 5.97 Å². The third-order valence-corrected chi connectivity index (χ3v) is 4.02. The van der Waals surface area contributed by atoms with Crippen molar-refractivity contribution in [3.05, 3.63) is 47.1 Å². The lowest BCUT2D eigenvalue weighted by atomic mass is 10.1. The van der Waals surface area contributed by atoms with E-state index >= 15 is 0 Å². The van der Waals surface area contributed by atoms with Crippen molar-refractivity contribution in [2.75, 3.05) is 7.11 Å². The molecule has 1 heterocycles. The van der Waals surface area contributed by atoms with Crippen molar-refractivity contribution in [2.45, 2.75) is 6.92 Å². The number of ether oxygens (including phenoxy) is 1. The number of allylic oxidation sites excluding steroid dienone is 1. The number of carboxylic acids is 1. The molecule has 3 nitrogen and oxygen atoms in total. The zero-order valence-electron chi connectivity index (χ0n) is 11.0. The summed E-state index contributed by atoms with van der Waals surface area (Å²) in [6.07, 6.45) is 1.15. The third kappa shape index (κ3) is 3.05. The maximum absolute atomic E-state index is 13.4. The van der Waals surface area contributed by atoms with Crippen LogP contribution in [-0.4, -0.2) is 18.2 Å². The van der Waals surface area contributed by atoms with Gasteiger partial charge in [-0.2, -0.15) is 0 Å². The average Bonchev–Trinajstić information content (AvgIpc) is 2.87. The Bertz CT molecular complexity index is 674. The number of thiophene rings is 1.